The Labute approximate surface area is 172 Å². The average molecular weight is 429 g/mol. The van der Waals surface area contributed by atoms with Crippen molar-refractivity contribution in [1.29, 1.82) is 0 Å². The van der Waals surface area contributed by atoms with Gasteiger partial charge in [-0.3, -0.25) is 9.59 Å². The number of carbonyl (C=O) groups excluding carboxylic acids is 2. The molecule has 0 bridgehead atoms. The average Bonchev–Trinajstić information content (AvgIpc) is 3.12. The molecule has 1 N–H and O–H groups in total. The highest BCUT2D eigenvalue weighted by Crippen LogP contribution is 2.32. The van der Waals surface area contributed by atoms with Crippen LogP contribution in [0.5, 0.6) is 0 Å². The smallest absolute Gasteiger partial charge is 0.276 e. The molecule has 0 aliphatic carbocycles. The summed E-state index contributed by atoms with van der Waals surface area (Å²) in [6.07, 6.45) is 0. The molecule has 0 fully saturated rings. The molecule has 2 aromatic rings. The van der Waals surface area contributed by atoms with Crippen LogP contribution in [0.25, 0.3) is 0 Å². The maximum atomic E-state index is 14.7. The molecule has 0 aliphatic rings. The van der Waals surface area contributed by atoms with E-state index in [0.29, 0.717) is 0 Å². The summed E-state index contributed by atoms with van der Waals surface area (Å²) in [4.78, 5) is 27.4. The lowest BCUT2D eigenvalue weighted by atomic mass is 10.0. The van der Waals surface area contributed by atoms with E-state index < -0.39 is 29.2 Å². The third-order valence-electron chi connectivity index (χ3n) is 3.71. The monoisotopic (exact) mass is 428 g/mol. The van der Waals surface area contributed by atoms with Crippen LogP contribution in [-0.4, -0.2) is 52.1 Å². The van der Waals surface area contributed by atoms with Crippen LogP contribution in [0.4, 0.5) is 4.39 Å². The van der Waals surface area contributed by atoms with Gasteiger partial charge in [-0.15, -0.1) is 5.10 Å². The predicted molar refractivity (Wildman–Crippen MR) is 105 cm³/mol. The third kappa shape index (κ3) is 5.46. The molecular formula is C18H22ClFN4O3S. The number of ether oxygens (including phenoxy) is 1. The predicted octanol–water partition coefficient (Wildman–Crippen LogP) is 3.08. The van der Waals surface area contributed by atoms with Gasteiger partial charge in [-0.1, -0.05) is 22.2 Å². The van der Waals surface area contributed by atoms with E-state index in [-0.39, 0.29) is 29.4 Å². The van der Waals surface area contributed by atoms with E-state index in [0.717, 1.165) is 11.5 Å². The molecule has 2 amide bonds. The van der Waals surface area contributed by atoms with E-state index in [4.69, 9.17) is 16.3 Å². The molecule has 0 saturated heterocycles. The lowest BCUT2D eigenvalue weighted by Crippen LogP contribution is -2.50. The van der Waals surface area contributed by atoms with Gasteiger partial charge in [0.25, 0.3) is 5.91 Å². The highest BCUT2D eigenvalue weighted by Gasteiger charge is 2.37. The second-order valence-electron chi connectivity index (χ2n) is 7.06. The first-order chi connectivity index (χ1) is 13.2. The van der Waals surface area contributed by atoms with Gasteiger partial charge in [0.05, 0.1) is 6.61 Å². The molecular weight excluding hydrogens is 407 g/mol. The highest BCUT2D eigenvalue weighted by atomic mass is 35.5. The van der Waals surface area contributed by atoms with Crippen molar-refractivity contribution in [1.82, 2.24) is 19.8 Å². The van der Waals surface area contributed by atoms with Crippen LogP contribution < -0.4 is 5.32 Å². The molecule has 7 nitrogen and oxygen atoms in total. The van der Waals surface area contributed by atoms with Gasteiger partial charge in [-0.2, -0.15) is 0 Å². The fraction of sp³-hybridized carbons (Fsp3) is 0.444. The van der Waals surface area contributed by atoms with Gasteiger partial charge in [-0.25, -0.2) is 4.39 Å². The summed E-state index contributed by atoms with van der Waals surface area (Å²) in [6.45, 7) is 5.53. The van der Waals surface area contributed by atoms with Gasteiger partial charge < -0.3 is 15.0 Å². The summed E-state index contributed by atoms with van der Waals surface area (Å²) in [5, 5.41) is 8.08. The number of methoxy groups -OCH3 is 1. The Morgan fingerprint density at radius 3 is 2.64 bits per heavy atom. The van der Waals surface area contributed by atoms with E-state index in [9.17, 15) is 14.0 Å². The first kappa shape index (κ1) is 22.2. The van der Waals surface area contributed by atoms with Crippen LogP contribution in [0.3, 0.4) is 0 Å². The SMILES string of the molecule is COCCN(C(=O)c1csnn1)[C@@H](C(=O)NC(C)(C)C)c1c(F)cccc1Cl. The second-order valence-corrected chi connectivity index (χ2v) is 8.08. The number of hydrogen-bond acceptors (Lipinski definition) is 6. The summed E-state index contributed by atoms with van der Waals surface area (Å²) in [5.41, 5.74) is -0.633. The number of nitrogens with zero attached hydrogens (tertiary/aromatic N) is 3. The van der Waals surface area contributed by atoms with Gasteiger partial charge in [-0.05, 0) is 44.4 Å². The van der Waals surface area contributed by atoms with Crippen LogP contribution in [0.1, 0.15) is 42.9 Å². The van der Waals surface area contributed by atoms with Crippen LogP contribution in [0, 0.1) is 5.82 Å². The lowest BCUT2D eigenvalue weighted by molar-refractivity contribution is -0.127. The van der Waals surface area contributed by atoms with Gasteiger partial charge in [0, 0.05) is 35.2 Å². The fourth-order valence-corrected chi connectivity index (χ4v) is 3.28. The summed E-state index contributed by atoms with van der Waals surface area (Å²) >= 11 is 7.23. The normalized spacial score (nSPS) is 12.5. The summed E-state index contributed by atoms with van der Waals surface area (Å²) in [7, 11) is 1.47. The zero-order chi connectivity index (χ0) is 20.9. The molecule has 1 heterocycles. The van der Waals surface area contributed by atoms with Crippen LogP contribution in [0.2, 0.25) is 5.02 Å². The van der Waals surface area contributed by atoms with Crippen molar-refractivity contribution in [3.63, 3.8) is 0 Å². The Kier molecular flexibility index (Phi) is 7.45. The van der Waals surface area contributed by atoms with Crippen molar-refractivity contribution in [2.24, 2.45) is 0 Å². The number of rotatable bonds is 7. The maximum Gasteiger partial charge on any atom is 0.276 e. The van der Waals surface area contributed by atoms with Crippen LogP contribution >= 0.6 is 23.1 Å². The Morgan fingerprint density at radius 1 is 1.39 bits per heavy atom. The molecule has 28 heavy (non-hydrogen) atoms. The van der Waals surface area contributed by atoms with Gasteiger partial charge >= 0.3 is 0 Å². The van der Waals surface area contributed by atoms with Crippen LogP contribution in [-0.2, 0) is 9.53 Å². The Balaban J connectivity index is 2.58. The third-order valence-corrected chi connectivity index (χ3v) is 4.54. The molecule has 2 rings (SSSR count). The van der Waals surface area contributed by atoms with Crippen molar-refractivity contribution < 1.29 is 18.7 Å². The van der Waals surface area contributed by atoms with E-state index >= 15 is 0 Å². The zero-order valence-corrected chi connectivity index (χ0v) is 17.6. The number of hydrogen-bond donors (Lipinski definition) is 1. The molecule has 1 aromatic heterocycles. The van der Waals surface area contributed by atoms with Gasteiger partial charge in [0.15, 0.2) is 5.69 Å². The Morgan fingerprint density at radius 2 is 2.11 bits per heavy atom. The number of nitrogens with one attached hydrogen (secondary N) is 1. The standard InChI is InChI=1S/C18H22ClFN4O3S/c1-18(2,3)21-16(25)15(14-11(19)6-5-7-12(14)20)24(8-9-27-4)17(26)13-10-28-23-22-13/h5-7,10,15H,8-9H2,1-4H3,(H,21,25)/t15-/m1/s1. The van der Waals surface area contributed by atoms with Crippen molar-refractivity contribution in [3.05, 3.63) is 45.7 Å². The first-order valence-corrected chi connectivity index (χ1v) is 9.70. The fourth-order valence-electron chi connectivity index (χ4n) is 2.58. The van der Waals surface area contributed by atoms with E-state index in [1.807, 2.05) is 0 Å². The topological polar surface area (TPSA) is 84.4 Å². The second kappa shape index (κ2) is 9.40. The van der Waals surface area contributed by atoms with Crippen molar-refractivity contribution in [2.75, 3.05) is 20.3 Å². The lowest BCUT2D eigenvalue weighted by Gasteiger charge is -2.33. The quantitative estimate of drug-likeness (QED) is 0.732. The molecule has 0 radical (unpaired) electrons. The van der Waals surface area contributed by atoms with E-state index in [2.05, 4.69) is 14.9 Å². The molecule has 152 valence electrons. The van der Waals surface area contributed by atoms with Crippen molar-refractivity contribution in [3.8, 4) is 0 Å². The highest BCUT2D eigenvalue weighted by molar-refractivity contribution is 7.03. The number of benzene rings is 1. The van der Waals surface area contributed by atoms with E-state index in [1.165, 1.54) is 35.6 Å². The zero-order valence-electron chi connectivity index (χ0n) is 16.0. The molecule has 0 saturated carbocycles. The molecule has 1 atom stereocenters. The van der Waals surface area contributed by atoms with Gasteiger partial charge in [0.2, 0.25) is 5.91 Å². The van der Waals surface area contributed by atoms with Crippen molar-refractivity contribution >= 4 is 34.9 Å². The molecule has 0 aliphatic heterocycles. The number of amides is 2. The molecule has 0 spiro atoms. The van der Waals surface area contributed by atoms with Gasteiger partial charge in [0.1, 0.15) is 11.9 Å². The Bertz CT molecular complexity index is 806. The van der Waals surface area contributed by atoms with Crippen molar-refractivity contribution in [2.45, 2.75) is 32.4 Å². The minimum atomic E-state index is -1.31. The van der Waals surface area contributed by atoms with Crippen LogP contribution in [0.15, 0.2) is 23.6 Å². The minimum absolute atomic E-state index is 0.0275. The minimum Gasteiger partial charge on any atom is -0.383 e. The first-order valence-electron chi connectivity index (χ1n) is 8.48. The number of carbonyl (C=O) groups is 2. The largest absolute Gasteiger partial charge is 0.383 e. The molecule has 0 unspecified atom stereocenters. The number of aromatic nitrogens is 2. The molecule has 1 aromatic carbocycles. The van der Waals surface area contributed by atoms with E-state index in [1.54, 1.807) is 20.8 Å². The Hall–Kier alpha value is -2.10. The maximum absolute atomic E-state index is 14.7. The summed E-state index contributed by atoms with van der Waals surface area (Å²) in [6, 6.07) is 2.80. The molecule has 10 heteroatoms. The summed E-state index contributed by atoms with van der Waals surface area (Å²) in [5.74, 6) is -1.82. The summed E-state index contributed by atoms with van der Waals surface area (Å²) < 4.78 is 23.5. The number of halogens is 2.